The van der Waals surface area contributed by atoms with Gasteiger partial charge >= 0.3 is 5.97 Å². The van der Waals surface area contributed by atoms with E-state index >= 15 is 0 Å². The first-order chi connectivity index (χ1) is 14.9. The van der Waals surface area contributed by atoms with E-state index in [0.29, 0.717) is 36.1 Å². The molecule has 0 saturated carbocycles. The largest absolute Gasteiger partial charge is 0.462 e. The number of thiazole rings is 1. The normalized spacial score (nSPS) is 14.7. The van der Waals surface area contributed by atoms with Gasteiger partial charge in [-0.25, -0.2) is 9.78 Å². The predicted octanol–water partition coefficient (Wildman–Crippen LogP) is 3.80. The number of rotatable bonds is 7. The van der Waals surface area contributed by atoms with Crippen molar-refractivity contribution in [2.24, 2.45) is 4.99 Å². The maximum atomic E-state index is 12.0. The van der Waals surface area contributed by atoms with Crippen LogP contribution in [0.3, 0.4) is 0 Å². The first-order valence-corrected chi connectivity index (χ1v) is 11.3. The van der Waals surface area contributed by atoms with Crippen molar-refractivity contribution in [1.82, 2.24) is 15.6 Å². The molecule has 0 aliphatic carbocycles. The Morgan fingerprint density at radius 2 is 2.06 bits per heavy atom. The third-order valence-corrected chi connectivity index (χ3v) is 6.32. The smallest absolute Gasteiger partial charge is 0.350 e. The van der Waals surface area contributed by atoms with Crippen LogP contribution in [0, 0.1) is 6.92 Å². The molecule has 0 bridgehead atoms. The Bertz CT molecular complexity index is 961. The topological polar surface area (TPSA) is 95.9 Å². The molecule has 1 amide bonds. The maximum Gasteiger partial charge on any atom is 0.350 e. The molecule has 2 N–H and O–H groups in total. The predicted molar refractivity (Wildman–Crippen MR) is 138 cm³/mol. The lowest BCUT2D eigenvalue weighted by atomic mass is 10.2. The van der Waals surface area contributed by atoms with Crippen molar-refractivity contribution in [3.8, 4) is 0 Å². The minimum atomic E-state index is -0.336. The summed E-state index contributed by atoms with van der Waals surface area (Å²) in [5.74, 6) is 0.488. The summed E-state index contributed by atoms with van der Waals surface area (Å²) in [7, 11) is 1.71. The van der Waals surface area contributed by atoms with Crippen LogP contribution in [0.4, 0.5) is 5.69 Å². The Kier molecular flexibility index (Phi) is 9.88. The van der Waals surface area contributed by atoms with Crippen molar-refractivity contribution in [2.45, 2.75) is 46.2 Å². The number of aliphatic imine (C=N–C) groups is 1. The van der Waals surface area contributed by atoms with E-state index in [4.69, 9.17) is 4.74 Å². The highest BCUT2D eigenvalue weighted by Crippen LogP contribution is 2.24. The number of halogens is 1. The molecule has 1 atom stereocenters. The summed E-state index contributed by atoms with van der Waals surface area (Å²) in [5, 5.41) is 7.40. The average molecular weight is 571 g/mol. The number of aryl methyl sites for hydroxylation is 1. The third-order valence-electron chi connectivity index (χ3n) is 5.00. The summed E-state index contributed by atoms with van der Waals surface area (Å²) in [4.78, 5) is 35.1. The molecule has 1 unspecified atom stereocenters. The van der Waals surface area contributed by atoms with E-state index in [9.17, 15) is 9.59 Å². The van der Waals surface area contributed by atoms with Crippen LogP contribution >= 0.6 is 35.3 Å². The van der Waals surface area contributed by atoms with E-state index in [2.05, 4.69) is 20.6 Å². The zero-order valence-electron chi connectivity index (χ0n) is 18.8. The van der Waals surface area contributed by atoms with Gasteiger partial charge in [-0.15, -0.1) is 35.3 Å². The molecule has 0 radical (unpaired) electrons. The molecule has 1 aromatic carbocycles. The monoisotopic (exact) mass is 571 g/mol. The lowest BCUT2D eigenvalue weighted by molar-refractivity contribution is -0.117. The van der Waals surface area contributed by atoms with Crippen LogP contribution in [-0.4, -0.2) is 43.0 Å². The first kappa shape index (κ1) is 26.0. The van der Waals surface area contributed by atoms with Crippen LogP contribution in [0.5, 0.6) is 0 Å². The number of hydrogen-bond acceptors (Lipinski definition) is 6. The summed E-state index contributed by atoms with van der Waals surface area (Å²) in [6.07, 6.45) is 1.55. The molecular weight excluding hydrogens is 541 g/mol. The number of amides is 1. The number of benzene rings is 1. The van der Waals surface area contributed by atoms with Crippen molar-refractivity contribution in [2.75, 3.05) is 25.1 Å². The molecule has 0 spiro atoms. The molecule has 2 heterocycles. The molecule has 3 rings (SSSR count). The van der Waals surface area contributed by atoms with Crippen molar-refractivity contribution < 1.29 is 14.3 Å². The molecule has 1 aliphatic heterocycles. The standard InChI is InChI=1S/C22H29N5O3S.HI/c1-5-30-21(29)19-14(2)25-20(31-19)15(3)26-22(23-4)24-13-16-8-10-17(11-9-16)27-12-6-7-18(27)28;/h8-11,15H,5-7,12-13H2,1-4H3,(H2,23,24,26);1H. The van der Waals surface area contributed by atoms with Crippen molar-refractivity contribution in [3.05, 3.63) is 45.4 Å². The second-order valence-corrected chi connectivity index (χ2v) is 8.32. The fourth-order valence-electron chi connectivity index (χ4n) is 3.35. The van der Waals surface area contributed by atoms with Crippen LogP contribution in [0.15, 0.2) is 29.3 Å². The number of guanidine groups is 1. The number of nitrogens with zero attached hydrogens (tertiary/aromatic N) is 3. The molecule has 1 aromatic heterocycles. The van der Waals surface area contributed by atoms with Crippen LogP contribution in [0.2, 0.25) is 0 Å². The van der Waals surface area contributed by atoms with Gasteiger partial charge in [0.25, 0.3) is 0 Å². The van der Waals surface area contributed by atoms with Crippen LogP contribution in [-0.2, 0) is 16.1 Å². The van der Waals surface area contributed by atoms with Crippen LogP contribution in [0.1, 0.15) is 58.7 Å². The zero-order valence-corrected chi connectivity index (χ0v) is 22.0. The van der Waals surface area contributed by atoms with Crippen molar-refractivity contribution >= 4 is 58.8 Å². The van der Waals surface area contributed by atoms with Gasteiger partial charge in [-0.3, -0.25) is 9.79 Å². The number of hydrogen-bond donors (Lipinski definition) is 2. The molecule has 8 nitrogen and oxygen atoms in total. The zero-order chi connectivity index (χ0) is 22.4. The Balaban J connectivity index is 0.00000363. The molecule has 10 heteroatoms. The minimum Gasteiger partial charge on any atom is -0.462 e. The van der Waals surface area contributed by atoms with Crippen LogP contribution < -0.4 is 15.5 Å². The average Bonchev–Trinajstić information content (AvgIpc) is 3.37. The quantitative estimate of drug-likeness (QED) is 0.227. The SMILES string of the molecule is CCOC(=O)c1sc(C(C)NC(=NC)NCc2ccc(N3CCCC3=O)cc2)nc1C.I. The van der Waals surface area contributed by atoms with Gasteiger partial charge in [-0.2, -0.15) is 0 Å². The molecular formula is C22H30IN5O3S. The number of aromatic nitrogens is 1. The van der Waals surface area contributed by atoms with Crippen LogP contribution in [0.25, 0.3) is 0 Å². The lowest BCUT2D eigenvalue weighted by Gasteiger charge is -2.18. The first-order valence-electron chi connectivity index (χ1n) is 10.4. The second-order valence-electron chi connectivity index (χ2n) is 7.29. The highest BCUT2D eigenvalue weighted by Gasteiger charge is 2.22. The minimum absolute atomic E-state index is 0. The Morgan fingerprint density at radius 3 is 2.66 bits per heavy atom. The maximum absolute atomic E-state index is 12.0. The summed E-state index contributed by atoms with van der Waals surface area (Å²) in [6.45, 7) is 7.29. The van der Waals surface area contributed by atoms with Gasteiger partial charge < -0.3 is 20.3 Å². The van der Waals surface area contributed by atoms with Crippen molar-refractivity contribution in [3.63, 3.8) is 0 Å². The molecule has 174 valence electrons. The Labute approximate surface area is 209 Å². The molecule has 2 aromatic rings. The third kappa shape index (κ3) is 6.41. The number of anilines is 1. The highest BCUT2D eigenvalue weighted by molar-refractivity contribution is 14.0. The number of carbonyl (C=O) groups is 2. The summed E-state index contributed by atoms with van der Waals surface area (Å²) < 4.78 is 5.09. The van der Waals surface area contributed by atoms with E-state index in [1.54, 1.807) is 14.0 Å². The van der Waals surface area contributed by atoms with Gasteiger partial charge in [0, 0.05) is 32.2 Å². The van der Waals surface area contributed by atoms with Gasteiger partial charge in [0.15, 0.2) is 5.96 Å². The lowest BCUT2D eigenvalue weighted by Crippen LogP contribution is -2.38. The fraction of sp³-hybridized carbons (Fsp3) is 0.455. The number of esters is 1. The molecule has 32 heavy (non-hydrogen) atoms. The molecule has 1 fully saturated rings. The number of carbonyl (C=O) groups excluding carboxylic acids is 2. The molecule has 1 saturated heterocycles. The van der Waals surface area contributed by atoms with Gasteiger partial charge in [0.1, 0.15) is 9.88 Å². The highest BCUT2D eigenvalue weighted by atomic mass is 127. The second kappa shape index (κ2) is 12.1. The van der Waals surface area contributed by atoms with Gasteiger partial charge in [-0.05, 0) is 44.9 Å². The van der Waals surface area contributed by atoms with Gasteiger partial charge in [0.05, 0.1) is 18.3 Å². The fourth-order valence-corrected chi connectivity index (χ4v) is 4.31. The van der Waals surface area contributed by atoms with E-state index < -0.39 is 0 Å². The number of nitrogens with one attached hydrogen (secondary N) is 2. The van der Waals surface area contributed by atoms with Gasteiger partial charge in [-0.1, -0.05) is 12.1 Å². The summed E-state index contributed by atoms with van der Waals surface area (Å²) >= 11 is 1.33. The van der Waals surface area contributed by atoms with Gasteiger partial charge in [0.2, 0.25) is 5.91 Å². The van der Waals surface area contributed by atoms with E-state index in [-0.39, 0.29) is 41.9 Å². The summed E-state index contributed by atoms with van der Waals surface area (Å²) in [6, 6.07) is 7.87. The van der Waals surface area contributed by atoms with Crippen molar-refractivity contribution in [1.29, 1.82) is 0 Å². The van der Waals surface area contributed by atoms with E-state index in [0.717, 1.165) is 29.2 Å². The number of ether oxygens (including phenoxy) is 1. The Morgan fingerprint density at radius 1 is 1.34 bits per heavy atom. The Hall–Kier alpha value is -2.21. The van der Waals surface area contributed by atoms with E-state index in [1.165, 1.54) is 11.3 Å². The van der Waals surface area contributed by atoms with E-state index in [1.807, 2.05) is 43.0 Å². The molecule has 1 aliphatic rings. The summed E-state index contributed by atoms with van der Waals surface area (Å²) in [5.41, 5.74) is 2.70.